The van der Waals surface area contributed by atoms with Crippen molar-refractivity contribution in [1.29, 1.82) is 0 Å². The van der Waals surface area contributed by atoms with Crippen molar-refractivity contribution >= 4 is 12.6 Å². The van der Waals surface area contributed by atoms with Gasteiger partial charge in [-0.25, -0.2) is 0 Å². The fraction of sp³-hybridized carbons (Fsp3) is 0.400. The molecule has 1 aromatic rings. The van der Waals surface area contributed by atoms with Gasteiger partial charge < -0.3 is 9.47 Å². The molecule has 3 nitrogen and oxygen atoms in total. The lowest BCUT2D eigenvalue weighted by atomic mass is 10.2. The van der Waals surface area contributed by atoms with Gasteiger partial charge in [0.05, 0.1) is 0 Å². The van der Waals surface area contributed by atoms with E-state index in [4.69, 9.17) is 9.47 Å². The summed E-state index contributed by atoms with van der Waals surface area (Å²) >= 11 is 4.20. The van der Waals surface area contributed by atoms with Crippen LogP contribution in [0.1, 0.15) is 5.56 Å². The third-order valence-corrected chi connectivity index (χ3v) is 2.61. The largest absolute Gasteiger partial charge is 0.454 e. The molecular formula is C10H13NO2S. The van der Waals surface area contributed by atoms with Crippen molar-refractivity contribution in [1.82, 2.24) is 4.90 Å². The van der Waals surface area contributed by atoms with E-state index in [0.29, 0.717) is 6.79 Å². The highest BCUT2D eigenvalue weighted by Crippen LogP contribution is 2.32. The van der Waals surface area contributed by atoms with Crippen molar-refractivity contribution in [2.75, 3.05) is 19.7 Å². The molecule has 0 amide bonds. The molecular weight excluding hydrogens is 198 g/mol. The topological polar surface area (TPSA) is 21.7 Å². The van der Waals surface area contributed by atoms with Crippen molar-refractivity contribution in [3.63, 3.8) is 0 Å². The molecule has 0 fully saturated rings. The average molecular weight is 211 g/mol. The van der Waals surface area contributed by atoms with Crippen LogP contribution in [0.5, 0.6) is 11.5 Å². The maximum Gasteiger partial charge on any atom is 0.231 e. The van der Waals surface area contributed by atoms with Gasteiger partial charge in [0, 0.05) is 12.4 Å². The molecule has 1 aliphatic heterocycles. The molecule has 1 heterocycles. The van der Waals surface area contributed by atoms with Crippen LogP contribution in [-0.4, -0.2) is 24.6 Å². The minimum absolute atomic E-state index is 0.335. The summed E-state index contributed by atoms with van der Waals surface area (Å²) in [5.74, 6) is 2.42. The number of fused-ring (bicyclic) bond motifs is 1. The van der Waals surface area contributed by atoms with Crippen molar-refractivity contribution in [3.05, 3.63) is 23.8 Å². The molecule has 0 unspecified atom stereocenters. The Labute approximate surface area is 89.0 Å². The van der Waals surface area contributed by atoms with E-state index in [1.54, 1.807) is 0 Å². The molecule has 1 aromatic carbocycles. The summed E-state index contributed by atoms with van der Waals surface area (Å²) in [6, 6.07) is 6.01. The molecule has 0 aromatic heterocycles. The third-order valence-electron chi connectivity index (χ3n) is 2.13. The Balaban J connectivity index is 2.12. The van der Waals surface area contributed by atoms with Gasteiger partial charge >= 0.3 is 0 Å². The fourth-order valence-corrected chi connectivity index (χ4v) is 1.50. The Morgan fingerprint density at radius 3 is 2.93 bits per heavy atom. The Morgan fingerprint density at radius 2 is 2.14 bits per heavy atom. The second kappa shape index (κ2) is 4.11. The molecule has 0 aliphatic carbocycles. The molecule has 1 aliphatic rings. The Bertz CT molecular complexity index is 330. The van der Waals surface area contributed by atoms with Gasteiger partial charge in [-0.3, -0.25) is 4.90 Å². The molecule has 0 saturated heterocycles. The van der Waals surface area contributed by atoms with Crippen LogP contribution in [-0.2, 0) is 6.54 Å². The van der Waals surface area contributed by atoms with Gasteiger partial charge in [0.2, 0.25) is 6.79 Å². The van der Waals surface area contributed by atoms with Crippen LogP contribution in [0, 0.1) is 0 Å². The second-order valence-electron chi connectivity index (χ2n) is 3.34. The third kappa shape index (κ3) is 1.96. The number of rotatable bonds is 3. The number of thiol groups is 1. The van der Waals surface area contributed by atoms with Gasteiger partial charge in [-0.2, -0.15) is 12.6 Å². The van der Waals surface area contributed by atoms with Crippen LogP contribution in [0.2, 0.25) is 0 Å². The van der Waals surface area contributed by atoms with Gasteiger partial charge in [0.25, 0.3) is 0 Å². The Kier molecular flexibility index (Phi) is 2.84. The van der Waals surface area contributed by atoms with E-state index in [-0.39, 0.29) is 0 Å². The van der Waals surface area contributed by atoms with E-state index in [0.717, 1.165) is 23.9 Å². The van der Waals surface area contributed by atoms with Gasteiger partial charge in [0.15, 0.2) is 11.5 Å². The van der Waals surface area contributed by atoms with Crippen molar-refractivity contribution in [2.24, 2.45) is 0 Å². The first-order valence-corrected chi connectivity index (χ1v) is 5.11. The molecule has 0 bridgehead atoms. The van der Waals surface area contributed by atoms with Crippen molar-refractivity contribution in [2.45, 2.75) is 6.54 Å². The van der Waals surface area contributed by atoms with Gasteiger partial charge in [-0.1, -0.05) is 6.07 Å². The first-order chi connectivity index (χ1) is 6.79. The molecule has 0 spiro atoms. The van der Waals surface area contributed by atoms with Crippen LogP contribution < -0.4 is 9.47 Å². The monoisotopic (exact) mass is 211 g/mol. The minimum Gasteiger partial charge on any atom is -0.454 e. The Hall–Kier alpha value is -0.870. The second-order valence-corrected chi connectivity index (χ2v) is 3.63. The van der Waals surface area contributed by atoms with E-state index in [1.807, 2.05) is 25.2 Å². The van der Waals surface area contributed by atoms with E-state index < -0.39 is 0 Å². The highest BCUT2D eigenvalue weighted by atomic mass is 32.1. The summed E-state index contributed by atoms with van der Waals surface area (Å²) in [5, 5.41) is 0. The van der Waals surface area contributed by atoms with Crippen LogP contribution >= 0.6 is 12.6 Å². The summed E-state index contributed by atoms with van der Waals surface area (Å²) in [7, 11) is 2.03. The number of nitrogens with zero attached hydrogens (tertiary/aromatic N) is 1. The van der Waals surface area contributed by atoms with Crippen molar-refractivity contribution < 1.29 is 9.47 Å². The van der Waals surface area contributed by atoms with Crippen molar-refractivity contribution in [3.8, 4) is 11.5 Å². The van der Waals surface area contributed by atoms with Crippen LogP contribution in [0.15, 0.2) is 18.2 Å². The highest BCUT2D eigenvalue weighted by Gasteiger charge is 2.13. The standard InChI is InChI=1S/C10H13NO2S/c1-11(6-14)5-8-2-3-9-10(4-8)13-7-12-9/h2-4,14H,5-7H2,1H3. The number of ether oxygens (including phenoxy) is 2. The van der Waals surface area contributed by atoms with Crippen LogP contribution in [0.3, 0.4) is 0 Å². The molecule has 14 heavy (non-hydrogen) atoms. The molecule has 0 N–H and O–H groups in total. The lowest BCUT2D eigenvalue weighted by Crippen LogP contribution is -2.15. The first kappa shape index (κ1) is 9.68. The van der Waals surface area contributed by atoms with Gasteiger partial charge in [-0.05, 0) is 24.7 Å². The smallest absolute Gasteiger partial charge is 0.231 e. The number of hydrogen-bond acceptors (Lipinski definition) is 4. The Morgan fingerprint density at radius 1 is 1.36 bits per heavy atom. The quantitative estimate of drug-likeness (QED) is 0.608. The van der Waals surface area contributed by atoms with E-state index in [9.17, 15) is 0 Å². The van der Waals surface area contributed by atoms with E-state index in [2.05, 4.69) is 17.5 Å². The SMILES string of the molecule is CN(CS)Cc1ccc2c(c1)OCO2. The molecule has 0 radical (unpaired) electrons. The molecule has 0 saturated carbocycles. The number of benzene rings is 1. The maximum atomic E-state index is 5.29. The van der Waals surface area contributed by atoms with E-state index >= 15 is 0 Å². The fourth-order valence-electron chi connectivity index (χ4n) is 1.40. The first-order valence-electron chi connectivity index (χ1n) is 4.47. The summed E-state index contributed by atoms with van der Waals surface area (Å²) in [4.78, 5) is 2.11. The van der Waals surface area contributed by atoms with Crippen LogP contribution in [0.25, 0.3) is 0 Å². The summed E-state index contributed by atoms with van der Waals surface area (Å²) < 4.78 is 10.5. The molecule has 2 rings (SSSR count). The highest BCUT2D eigenvalue weighted by molar-refractivity contribution is 7.80. The lowest BCUT2D eigenvalue weighted by Gasteiger charge is -2.13. The zero-order valence-corrected chi connectivity index (χ0v) is 8.96. The molecule has 0 atom stereocenters. The van der Waals surface area contributed by atoms with Gasteiger partial charge in [-0.15, -0.1) is 0 Å². The van der Waals surface area contributed by atoms with Gasteiger partial charge in [0.1, 0.15) is 0 Å². The minimum atomic E-state index is 0.335. The predicted molar refractivity (Wildman–Crippen MR) is 57.9 cm³/mol. The average Bonchev–Trinajstić information content (AvgIpc) is 2.64. The lowest BCUT2D eigenvalue weighted by molar-refractivity contribution is 0.174. The zero-order chi connectivity index (χ0) is 9.97. The maximum absolute atomic E-state index is 5.29. The number of hydrogen-bond donors (Lipinski definition) is 1. The summed E-state index contributed by atoms with van der Waals surface area (Å²) in [6.07, 6.45) is 0. The molecule has 76 valence electrons. The van der Waals surface area contributed by atoms with Crippen LogP contribution in [0.4, 0.5) is 0 Å². The molecule has 4 heteroatoms. The predicted octanol–water partition coefficient (Wildman–Crippen LogP) is 1.73. The zero-order valence-electron chi connectivity index (χ0n) is 8.06. The summed E-state index contributed by atoms with van der Waals surface area (Å²) in [6.45, 7) is 1.21. The van der Waals surface area contributed by atoms with E-state index in [1.165, 1.54) is 5.56 Å². The summed E-state index contributed by atoms with van der Waals surface area (Å²) in [5.41, 5.74) is 1.21. The normalized spacial score (nSPS) is 13.6.